The third-order valence-corrected chi connectivity index (χ3v) is 4.62. The van der Waals surface area contributed by atoms with Crippen molar-refractivity contribution in [2.75, 3.05) is 19.7 Å². The normalized spacial score (nSPS) is 13.3. The first-order chi connectivity index (χ1) is 13.1. The van der Waals surface area contributed by atoms with Gasteiger partial charge in [-0.1, -0.05) is 23.7 Å². The summed E-state index contributed by atoms with van der Waals surface area (Å²) in [6.07, 6.45) is -6.55. The van der Waals surface area contributed by atoms with E-state index in [9.17, 15) is 22.7 Å². The molecule has 0 bridgehead atoms. The van der Waals surface area contributed by atoms with Crippen LogP contribution in [0.2, 0.25) is 5.15 Å². The summed E-state index contributed by atoms with van der Waals surface area (Å²) in [6, 6.07) is 5.82. The van der Waals surface area contributed by atoms with Crippen molar-refractivity contribution in [2.45, 2.75) is 38.7 Å². The SMILES string of the molecule is Cc1nn(Cc2ccc(F)cc2)c(Cl)c1CN(CCC(F)(F)F)C[C@H](O)CO. The highest BCUT2D eigenvalue weighted by Gasteiger charge is 2.29. The number of hydrogen-bond donors (Lipinski definition) is 2. The fraction of sp³-hybridized carbons (Fsp3) is 0.500. The van der Waals surface area contributed by atoms with Crippen LogP contribution in [-0.2, 0) is 13.1 Å². The Morgan fingerprint density at radius 1 is 1.25 bits per heavy atom. The molecule has 0 fully saturated rings. The molecule has 28 heavy (non-hydrogen) atoms. The van der Waals surface area contributed by atoms with Gasteiger partial charge in [-0.05, 0) is 24.6 Å². The number of benzene rings is 1. The van der Waals surface area contributed by atoms with Crippen molar-refractivity contribution in [1.29, 1.82) is 0 Å². The Labute approximate surface area is 165 Å². The molecule has 0 aliphatic rings. The standard InChI is InChI=1S/C18H22ClF4N3O2/c1-12-16(10-25(9-15(28)11-27)7-6-18(21,22)23)17(19)26(24-12)8-13-2-4-14(20)5-3-13/h2-5,15,27-28H,6-11H2,1H3/t15-/m0/s1. The van der Waals surface area contributed by atoms with Crippen molar-refractivity contribution in [3.8, 4) is 0 Å². The molecule has 10 heteroatoms. The Hall–Kier alpha value is -1.68. The zero-order chi connectivity index (χ0) is 20.9. The van der Waals surface area contributed by atoms with E-state index in [-0.39, 0.29) is 37.1 Å². The van der Waals surface area contributed by atoms with Crippen LogP contribution in [0.4, 0.5) is 17.6 Å². The van der Waals surface area contributed by atoms with Crippen LogP contribution < -0.4 is 0 Å². The van der Waals surface area contributed by atoms with Crippen LogP contribution in [0.5, 0.6) is 0 Å². The largest absolute Gasteiger partial charge is 0.394 e. The Balaban J connectivity index is 2.16. The minimum Gasteiger partial charge on any atom is -0.394 e. The lowest BCUT2D eigenvalue weighted by atomic mass is 10.2. The summed E-state index contributed by atoms with van der Waals surface area (Å²) in [5.41, 5.74) is 1.85. The second-order valence-corrected chi connectivity index (χ2v) is 6.93. The van der Waals surface area contributed by atoms with E-state index < -0.39 is 25.3 Å². The third kappa shape index (κ3) is 6.73. The highest BCUT2D eigenvalue weighted by atomic mass is 35.5. The van der Waals surface area contributed by atoms with Crippen molar-refractivity contribution in [3.05, 3.63) is 52.1 Å². The maximum Gasteiger partial charge on any atom is 0.390 e. The van der Waals surface area contributed by atoms with Gasteiger partial charge in [0.25, 0.3) is 0 Å². The maximum absolute atomic E-state index is 13.0. The van der Waals surface area contributed by atoms with Crippen LogP contribution in [0.3, 0.4) is 0 Å². The van der Waals surface area contributed by atoms with E-state index in [1.54, 1.807) is 19.1 Å². The molecule has 1 aromatic heterocycles. The Morgan fingerprint density at radius 2 is 1.89 bits per heavy atom. The molecule has 1 atom stereocenters. The average Bonchev–Trinajstić information content (AvgIpc) is 2.88. The first kappa shape index (κ1) is 22.6. The number of hydrogen-bond acceptors (Lipinski definition) is 4. The lowest BCUT2D eigenvalue weighted by Gasteiger charge is -2.25. The third-order valence-electron chi connectivity index (χ3n) is 4.20. The number of aryl methyl sites for hydroxylation is 1. The maximum atomic E-state index is 13.0. The van der Waals surface area contributed by atoms with Crippen LogP contribution in [0.25, 0.3) is 0 Å². The molecular formula is C18H22ClF4N3O2. The molecule has 0 aliphatic heterocycles. The fourth-order valence-electron chi connectivity index (χ4n) is 2.74. The van der Waals surface area contributed by atoms with E-state index in [4.69, 9.17) is 16.7 Å². The minimum atomic E-state index is -4.34. The zero-order valence-electron chi connectivity index (χ0n) is 15.3. The van der Waals surface area contributed by atoms with Crippen LogP contribution in [-0.4, -0.2) is 56.9 Å². The van der Waals surface area contributed by atoms with Gasteiger partial charge in [-0.25, -0.2) is 9.07 Å². The highest BCUT2D eigenvalue weighted by Crippen LogP contribution is 2.25. The molecule has 0 spiro atoms. The van der Waals surface area contributed by atoms with Crippen molar-refractivity contribution in [1.82, 2.24) is 14.7 Å². The van der Waals surface area contributed by atoms with E-state index in [2.05, 4.69) is 5.10 Å². The topological polar surface area (TPSA) is 61.5 Å². The van der Waals surface area contributed by atoms with Gasteiger partial charge in [-0.2, -0.15) is 18.3 Å². The van der Waals surface area contributed by atoms with E-state index in [0.29, 0.717) is 11.3 Å². The summed E-state index contributed by atoms with van der Waals surface area (Å²) in [6.45, 7) is 0.972. The quantitative estimate of drug-likeness (QED) is 0.608. The van der Waals surface area contributed by atoms with Gasteiger partial charge in [-0.3, -0.25) is 4.90 Å². The van der Waals surface area contributed by atoms with E-state index in [1.807, 2.05) is 0 Å². The number of aromatic nitrogens is 2. The van der Waals surface area contributed by atoms with E-state index in [0.717, 1.165) is 5.56 Å². The predicted molar refractivity (Wildman–Crippen MR) is 96.5 cm³/mol. The van der Waals surface area contributed by atoms with Gasteiger partial charge < -0.3 is 10.2 Å². The zero-order valence-corrected chi connectivity index (χ0v) is 16.0. The highest BCUT2D eigenvalue weighted by molar-refractivity contribution is 6.30. The van der Waals surface area contributed by atoms with Gasteiger partial charge >= 0.3 is 6.18 Å². The molecule has 1 aromatic carbocycles. The van der Waals surface area contributed by atoms with Crippen LogP contribution in [0.1, 0.15) is 23.2 Å². The van der Waals surface area contributed by atoms with Crippen LogP contribution in [0.15, 0.2) is 24.3 Å². The number of nitrogens with zero attached hydrogens (tertiary/aromatic N) is 3. The lowest BCUT2D eigenvalue weighted by Crippen LogP contribution is -2.36. The van der Waals surface area contributed by atoms with E-state index in [1.165, 1.54) is 21.7 Å². The summed E-state index contributed by atoms with van der Waals surface area (Å²) in [5.74, 6) is -0.366. The molecule has 0 amide bonds. The summed E-state index contributed by atoms with van der Waals surface area (Å²) < 4.78 is 52.3. The molecule has 0 unspecified atom stereocenters. The molecule has 156 valence electrons. The second kappa shape index (κ2) is 9.69. The first-order valence-corrected chi connectivity index (χ1v) is 9.01. The van der Waals surface area contributed by atoms with Gasteiger partial charge in [0.15, 0.2) is 0 Å². The summed E-state index contributed by atoms with van der Waals surface area (Å²) in [7, 11) is 0. The second-order valence-electron chi connectivity index (χ2n) is 6.58. The Bertz CT molecular complexity index is 765. The molecule has 2 rings (SSSR count). The van der Waals surface area contributed by atoms with Crippen LogP contribution >= 0.6 is 11.6 Å². The van der Waals surface area contributed by atoms with Gasteiger partial charge in [0, 0.05) is 25.2 Å². The molecule has 0 radical (unpaired) electrons. The first-order valence-electron chi connectivity index (χ1n) is 8.63. The smallest absolute Gasteiger partial charge is 0.390 e. The molecule has 5 nitrogen and oxygen atoms in total. The van der Waals surface area contributed by atoms with Crippen LogP contribution in [0, 0.1) is 12.7 Å². The predicted octanol–water partition coefficient (Wildman–Crippen LogP) is 3.14. The summed E-state index contributed by atoms with van der Waals surface area (Å²) >= 11 is 6.38. The average molecular weight is 424 g/mol. The van der Waals surface area contributed by atoms with Crippen molar-refractivity contribution in [3.63, 3.8) is 0 Å². The van der Waals surface area contributed by atoms with Crippen molar-refractivity contribution < 1.29 is 27.8 Å². The summed E-state index contributed by atoms with van der Waals surface area (Å²) in [4.78, 5) is 1.38. The van der Waals surface area contributed by atoms with Gasteiger partial charge in [0.2, 0.25) is 0 Å². The monoisotopic (exact) mass is 423 g/mol. The molecule has 0 saturated heterocycles. The Kier molecular flexibility index (Phi) is 7.82. The fourth-order valence-corrected chi connectivity index (χ4v) is 3.03. The number of aliphatic hydroxyl groups is 2. The minimum absolute atomic E-state index is 0.0429. The molecule has 2 aromatic rings. The Morgan fingerprint density at radius 3 is 2.46 bits per heavy atom. The lowest BCUT2D eigenvalue weighted by molar-refractivity contribution is -0.139. The molecular weight excluding hydrogens is 402 g/mol. The number of alkyl halides is 3. The molecule has 1 heterocycles. The molecule has 0 saturated carbocycles. The van der Waals surface area contributed by atoms with E-state index >= 15 is 0 Å². The van der Waals surface area contributed by atoms with Gasteiger partial charge in [0.05, 0.1) is 31.4 Å². The number of aliphatic hydroxyl groups excluding tert-OH is 2. The van der Waals surface area contributed by atoms with Gasteiger partial charge in [0.1, 0.15) is 11.0 Å². The molecule has 2 N–H and O–H groups in total. The van der Waals surface area contributed by atoms with Gasteiger partial charge in [-0.15, -0.1) is 0 Å². The number of halogens is 5. The number of rotatable bonds is 9. The van der Waals surface area contributed by atoms with Crippen molar-refractivity contribution >= 4 is 11.6 Å². The molecule has 0 aliphatic carbocycles. The van der Waals surface area contributed by atoms with Crippen molar-refractivity contribution in [2.24, 2.45) is 0 Å². The summed E-state index contributed by atoms with van der Waals surface area (Å²) in [5, 5.41) is 23.2.